The molecule has 0 aliphatic rings. The number of benzene rings is 2. The van der Waals surface area contributed by atoms with Crippen LogP contribution >= 0.6 is 0 Å². The summed E-state index contributed by atoms with van der Waals surface area (Å²) in [4.78, 5) is 11.7. The van der Waals surface area contributed by atoms with Crippen LogP contribution < -0.4 is 0 Å². The van der Waals surface area contributed by atoms with Gasteiger partial charge in [-0.05, 0) is 17.2 Å². The number of ether oxygens (including phenoxy) is 1. The average molecular weight is 304 g/mol. The van der Waals surface area contributed by atoms with Crippen LogP contribution in [-0.4, -0.2) is 21.5 Å². The summed E-state index contributed by atoms with van der Waals surface area (Å²) in [5.41, 5.74) is 1.48. The third kappa shape index (κ3) is 4.16. The van der Waals surface area contributed by atoms with Crippen molar-refractivity contribution in [2.75, 3.05) is 7.11 Å². The molecule has 2 rings (SSSR count). The normalized spacial score (nSPS) is 11.1. The second kappa shape index (κ2) is 6.54. The van der Waals surface area contributed by atoms with Gasteiger partial charge in [-0.2, -0.15) is 0 Å². The highest BCUT2D eigenvalue weighted by molar-refractivity contribution is 7.89. The van der Waals surface area contributed by atoms with E-state index < -0.39 is 15.8 Å². The first-order valence-corrected chi connectivity index (χ1v) is 8.24. The van der Waals surface area contributed by atoms with Gasteiger partial charge in [0.15, 0.2) is 9.84 Å². The van der Waals surface area contributed by atoms with E-state index in [-0.39, 0.29) is 17.1 Å². The standard InChI is InChI=1S/C16H16O4S/c1-20-16(17)15-10-6-5-9-14(15)12-21(18,19)11-13-7-3-2-4-8-13/h2-10H,11-12H2,1H3. The molecule has 0 bridgehead atoms. The summed E-state index contributed by atoms with van der Waals surface area (Å²) in [6, 6.07) is 15.6. The highest BCUT2D eigenvalue weighted by atomic mass is 32.2. The van der Waals surface area contributed by atoms with E-state index in [1.54, 1.807) is 48.5 Å². The lowest BCUT2D eigenvalue weighted by Crippen LogP contribution is -2.12. The minimum atomic E-state index is -3.36. The van der Waals surface area contributed by atoms with Crippen molar-refractivity contribution in [3.05, 3.63) is 71.3 Å². The Morgan fingerprint density at radius 3 is 2.24 bits per heavy atom. The molecule has 0 amide bonds. The molecule has 0 heterocycles. The van der Waals surface area contributed by atoms with Gasteiger partial charge < -0.3 is 4.74 Å². The summed E-state index contributed by atoms with van der Waals surface area (Å²) in [7, 11) is -2.08. The van der Waals surface area contributed by atoms with Crippen molar-refractivity contribution in [2.45, 2.75) is 11.5 Å². The van der Waals surface area contributed by atoms with E-state index in [4.69, 9.17) is 0 Å². The fourth-order valence-electron chi connectivity index (χ4n) is 2.07. The monoisotopic (exact) mass is 304 g/mol. The van der Waals surface area contributed by atoms with Crippen LogP contribution in [0.15, 0.2) is 54.6 Å². The zero-order chi connectivity index (χ0) is 15.3. The van der Waals surface area contributed by atoms with Gasteiger partial charge in [-0.25, -0.2) is 13.2 Å². The molecule has 0 unspecified atom stereocenters. The van der Waals surface area contributed by atoms with Crippen LogP contribution in [0.1, 0.15) is 21.5 Å². The van der Waals surface area contributed by atoms with Crippen LogP contribution in [0.5, 0.6) is 0 Å². The van der Waals surface area contributed by atoms with Crippen LogP contribution in [0.25, 0.3) is 0 Å². The molecule has 0 radical (unpaired) electrons. The molecule has 0 fully saturated rings. The van der Waals surface area contributed by atoms with E-state index in [1.807, 2.05) is 6.07 Å². The molecule has 2 aromatic rings. The fourth-order valence-corrected chi connectivity index (χ4v) is 3.60. The van der Waals surface area contributed by atoms with Gasteiger partial charge in [0.05, 0.1) is 24.2 Å². The van der Waals surface area contributed by atoms with Crippen LogP contribution in [0.3, 0.4) is 0 Å². The van der Waals surface area contributed by atoms with Crippen molar-refractivity contribution in [1.82, 2.24) is 0 Å². The first-order valence-electron chi connectivity index (χ1n) is 6.42. The first kappa shape index (κ1) is 15.3. The quantitative estimate of drug-likeness (QED) is 0.797. The first-order chi connectivity index (χ1) is 10.0. The van der Waals surface area contributed by atoms with Crippen molar-refractivity contribution >= 4 is 15.8 Å². The Bertz CT molecular complexity index is 721. The van der Waals surface area contributed by atoms with E-state index in [2.05, 4.69) is 4.74 Å². The van der Waals surface area contributed by atoms with Gasteiger partial charge in [-0.15, -0.1) is 0 Å². The molecule has 0 N–H and O–H groups in total. The molecule has 0 saturated carbocycles. The number of carbonyl (C=O) groups excluding carboxylic acids is 1. The lowest BCUT2D eigenvalue weighted by atomic mass is 10.1. The lowest BCUT2D eigenvalue weighted by Gasteiger charge is -2.09. The zero-order valence-electron chi connectivity index (χ0n) is 11.7. The molecule has 0 aromatic heterocycles. The number of methoxy groups -OCH3 is 1. The molecule has 0 atom stereocenters. The number of hydrogen-bond donors (Lipinski definition) is 0. The van der Waals surface area contributed by atoms with E-state index in [0.29, 0.717) is 5.56 Å². The van der Waals surface area contributed by atoms with Gasteiger partial charge in [0.2, 0.25) is 0 Å². The number of carbonyl (C=O) groups is 1. The predicted octanol–water partition coefficient (Wildman–Crippen LogP) is 2.59. The zero-order valence-corrected chi connectivity index (χ0v) is 12.5. The molecule has 110 valence electrons. The summed E-state index contributed by atoms with van der Waals surface area (Å²) < 4.78 is 29.2. The van der Waals surface area contributed by atoms with Gasteiger partial charge in [0, 0.05) is 0 Å². The van der Waals surface area contributed by atoms with E-state index >= 15 is 0 Å². The maximum Gasteiger partial charge on any atom is 0.338 e. The molecule has 0 aliphatic carbocycles. The summed E-state index contributed by atoms with van der Waals surface area (Å²) in [5, 5.41) is 0. The van der Waals surface area contributed by atoms with Gasteiger partial charge in [-0.1, -0.05) is 48.5 Å². The smallest absolute Gasteiger partial charge is 0.338 e. The van der Waals surface area contributed by atoms with Gasteiger partial charge in [-0.3, -0.25) is 0 Å². The molecular formula is C16H16O4S. The average Bonchev–Trinajstić information content (AvgIpc) is 2.47. The van der Waals surface area contributed by atoms with Crippen molar-refractivity contribution in [1.29, 1.82) is 0 Å². The Morgan fingerprint density at radius 2 is 1.57 bits per heavy atom. The number of hydrogen-bond acceptors (Lipinski definition) is 4. The Hall–Kier alpha value is -2.14. The fraction of sp³-hybridized carbons (Fsp3) is 0.188. The summed E-state index contributed by atoms with van der Waals surface area (Å²) in [5.74, 6) is -0.767. The number of rotatable bonds is 5. The summed E-state index contributed by atoms with van der Waals surface area (Å²) in [6.45, 7) is 0. The summed E-state index contributed by atoms with van der Waals surface area (Å²) in [6.07, 6.45) is 0. The number of sulfone groups is 1. The van der Waals surface area contributed by atoms with Crippen LogP contribution in [0.2, 0.25) is 0 Å². The predicted molar refractivity (Wildman–Crippen MR) is 80.6 cm³/mol. The van der Waals surface area contributed by atoms with Crippen molar-refractivity contribution in [3.63, 3.8) is 0 Å². The third-order valence-electron chi connectivity index (χ3n) is 3.03. The van der Waals surface area contributed by atoms with Crippen LogP contribution in [-0.2, 0) is 26.1 Å². The maximum absolute atomic E-state index is 12.3. The van der Waals surface area contributed by atoms with Gasteiger partial charge >= 0.3 is 5.97 Å². The van der Waals surface area contributed by atoms with E-state index in [9.17, 15) is 13.2 Å². The Kier molecular flexibility index (Phi) is 4.75. The molecule has 21 heavy (non-hydrogen) atoms. The van der Waals surface area contributed by atoms with E-state index in [0.717, 1.165) is 5.56 Å². The summed E-state index contributed by atoms with van der Waals surface area (Å²) >= 11 is 0. The molecule has 0 spiro atoms. The Morgan fingerprint density at radius 1 is 0.952 bits per heavy atom. The van der Waals surface area contributed by atoms with Gasteiger partial charge in [0.25, 0.3) is 0 Å². The molecule has 0 aliphatic heterocycles. The second-order valence-electron chi connectivity index (χ2n) is 4.67. The largest absolute Gasteiger partial charge is 0.465 e. The lowest BCUT2D eigenvalue weighted by molar-refractivity contribution is 0.0600. The van der Waals surface area contributed by atoms with Crippen molar-refractivity contribution < 1.29 is 17.9 Å². The molecule has 4 nitrogen and oxygen atoms in total. The SMILES string of the molecule is COC(=O)c1ccccc1CS(=O)(=O)Cc1ccccc1. The third-order valence-corrected chi connectivity index (χ3v) is 4.55. The topological polar surface area (TPSA) is 60.4 Å². The maximum atomic E-state index is 12.3. The van der Waals surface area contributed by atoms with Crippen molar-refractivity contribution in [3.8, 4) is 0 Å². The second-order valence-corrected chi connectivity index (χ2v) is 6.73. The minimum Gasteiger partial charge on any atom is -0.465 e. The molecule has 5 heteroatoms. The highest BCUT2D eigenvalue weighted by Gasteiger charge is 2.18. The van der Waals surface area contributed by atoms with Crippen LogP contribution in [0, 0.1) is 0 Å². The van der Waals surface area contributed by atoms with Crippen molar-refractivity contribution in [2.24, 2.45) is 0 Å². The molecular weight excluding hydrogens is 288 g/mol. The Balaban J connectivity index is 2.23. The van der Waals surface area contributed by atoms with E-state index in [1.165, 1.54) is 7.11 Å². The highest BCUT2D eigenvalue weighted by Crippen LogP contribution is 2.16. The minimum absolute atomic E-state index is 0.0522. The van der Waals surface area contributed by atoms with Crippen LogP contribution in [0.4, 0.5) is 0 Å². The van der Waals surface area contributed by atoms with Gasteiger partial charge in [0.1, 0.15) is 0 Å². The number of esters is 1. The molecule has 2 aromatic carbocycles. The molecule has 0 saturated heterocycles. The Labute approximate surface area is 124 Å².